The molecule has 428 valence electrons. The SMILES string of the molecule is CCC1=C(C)c2cc3nc(cc4[nH]c(c5c6[nH]c(cc1n2)c(C)c6C(=O)N(CCN1CCOCC1)C5=O)[C@@H](CCC(=O)N(C)CCNC(=O)OC(C)(C)C)[C@@H]4C)C(C)=C3/C=C/C(=O)OCCCS[C@@H]1O[C@H](CO)[C@@H](O)[C@H](O)[C@H]1O. The van der Waals surface area contributed by atoms with Gasteiger partial charge in [-0.1, -0.05) is 13.8 Å². The minimum Gasteiger partial charge on any atom is -0.462 e. The Morgan fingerprint density at radius 3 is 2.35 bits per heavy atom. The molecule has 21 nitrogen and oxygen atoms in total. The van der Waals surface area contributed by atoms with E-state index in [0.717, 1.165) is 22.4 Å². The maximum absolute atomic E-state index is 15.3. The van der Waals surface area contributed by atoms with Crippen LogP contribution in [0.15, 0.2) is 30.4 Å². The van der Waals surface area contributed by atoms with E-state index in [1.54, 1.807) is 38.8 Å². The Labute approximate surface area is 464 Å². The summed E-state index contributed by atoms with van der Waals surface area (Å²) in [5.41, 5.74) is 7.93. The van der Waals surface area contributed by atoms with E-state index < -0.39 is 71.9 Å². The number of amides is 4. The maximum Gasteiger partial charge on any atom is 0.407 e. The molecule has 79 heavy (non-hydrogen) atoms. The van der Waals surface area contributed by atoms with Gasteiger partial charge in [-0.25, -0.2) is 19.6 Å². The highest BCUT2D eigenvalue weighted by Crippen LogP contribution is 2.45. The van der Waals surface area contributed by atoms with Crippen LogP contribution < -0.4 is 5.32 Å². The molecule has 4 amide bonds. The van der Waals surface area contributed by atoms with Crippen molar-refractivity contribution in [3.63, 3.8) is 0 Å². The number of nitrogens with zero attached hydrogens (tertiary/aromatic N) is 5. The summed E-state index contributed by atoms with van der Waals surface area (Å²) in [5.74, 6) is -1.95. The van der Waals surface area contributed by atoms with E-state index in [-0.39, 0.29) is 44.5 Å². The molecule has 0 saturated carbocycles. The van der Waals surface area contributed by atoms with Crippen molar-refractivity contribution in [3.05, 3.63) is 81.2 Å². The molecule has 7 atom stereocenters. The number of imide groups is 1. The van der Waals surface area contributed by atoms with Gasteiger partial charge in [-0.2, -0.15) is 0 Å². The van der Waals surface area contributed by atoms with Crippen LogP contribution in [0.25, 0.3) is 33.3 Å². The lowest BCUT2D eigenvalue weighted by molar-refractivity contribution is -0.205. The summed E-state index contributed by atoms with van der Waals surface area (Å²) in [4.78, 5) is 92.3. The van der Waals surface area contributed by atoms with Crippen LogP contribution in [0.1, 0.15) is 146 Å². The number of H-pyrrole nitrogens is 2. The standard InChI is InChI=1S/C57H76N8O13S/c1-10-34-30(2)38-27-42-35(13-15-45(68)76-22-11-25-79-55-52(71)51(70)50(69)43(29-66)77-55)31(3)37(60-42)26-39-32(4)36(12-14-44(67)63(9)17-16-58-56(74)78-57(6,7)8)48(61-39)47-49-46(33(5)40(62-49)28-41(34)59-38)53(72)65(54(47)73)19-18-64-20-23-75-24-21-64/h13,15,26-28,32,36,43,50-52,55,61-62,66,69-71H,10-12,14,16-25,29H2,1-9H3,(H,58,74)/b15-13+,39-26?,41-28?,42-27?,48-47?/t32-,36-,43+,50+,51-,52+,55-/m0/s1. The molecular formula is C57H76N8O13S. The van der Waals surface area contributed by atoms with Crippen molar-refractivity contribution in [3.8, 4) is 0 Å². The molecule has 0 aromatic carbocycles. The van der Waals surface area contributed by atoms with Crippen LogP contribution in [-0.4, -0.2) is 199 Å². The van der Waals surface area contributed by atoms with Crippen molar-refractivity contribution in [2.45, 2.75) is 128 Å². The second-order valence-electron chi connectivity index (χ2n) is 21.8. The number of carbonyl (C=O) groups is 5. The van der Waals surface area contributed by atoms with Crippen LogP contribution in [0, 0.1) is 6.92 Å². The second kappa shape index (κ2) is 25.2. The van der Waals surface area contributed by atoms with Gasteiger partial charge in [0.15, 0.2) is 0 Å². The summed E-state index contributed by atoms with van der Waals surface area (Å²) in [6.45, 7) is 18.2. The molecule has 8 bridgehead atoms. The summed E-state index contributed by atoms with van der Waals surface area (Å²) in [7, 11) is 1.68. The fraction of sp³-hybridized carbons (Fsp3) is 0.561. The first-order valence-corrected chi connectivity index (χ1v) is 28.3. The predicted octanol–water partition coefficient (Wildman–Crippen LogP) is 5.22. The lowest BCUT2D eigenvalue weighted by Gasteiger charge is -2.39. The number of ether oxygens (including phenoxy) is 4. The van der Waals surface area contributed by atoms with Crippen LogP contribution >= 0.6 is 11.8 Å². The van der Waals surface area contributed by atoms with Crippen LogP contribution in [0.2, 0.25) is 0 Å². The van der Waals surface area contributed by atoms with Crippen molar-refractivity contribution in [1.29, 1.82) is 0 Å². The number of aromatic nitrogens is 4. The van der Waals surface area contributed by atoms with Gasteiger partial charge in [0.1, 0.15) is 35.5 Å². The molecular weight excluding hydrogens is 1040 g/mol. The van der Waals surface area contributed by atoms with Gasteiger partial charge >= 0.3 is 12.1 Å². The number of fused-ring (bicyclic) bond motifs is 8. The Morgan fingerprint density at radius 2 is 1.65 bits per heavy atom. The number of aliphatic hydroxyl groups is 4. The summed E-state index contributed by atoms with van der Waals surface area (Å²) < 4.78 is 22.1. The summed E-state index contributed by atoms with van der Waals surface area (Å²) >= 11 is 1.18. The minimum atomic E-state index is -1.48. The second-order valence-corrected chi connectivity index (χ2v) is 23.0. The zero-order valence-corrected chi connectivity index (χ0v) is 47.5. The molecule has 0 spiro atoms. The highest BCUT2D eigenvalue weighted by Gasteiger charge is 2.44. The zero-order valence-electron chi connectivity index (χ0n) is 46.6. The van der Waals surface area contributed by atoms with Crippen LogP contribution in [-0.2, 0) is 28.5 Å². The first kappa shape index (κ1) is 59.1. The highest BCUT2D eigenvalue weighted by molar-refractivity contribution is 7.99. The van der Waals surface area contributed by atoms with Gasteiger partial charge in [0.05, 0.1) is 65.8 Å². The number of nitrogens with one attached hydrogen (secondary N) is 3. The Bertz CT molecular complexity index is 2990. The number of aliphatic hydroxyl groups excluding tert-OH is 4. The number of allylic oxidation sites excluding steroid dienone is 5. The van der Waals surface area contributed by atoms with Crippen molar-refractivity contribution in [2.24, 2.45) is 0 Å². The number of hydrogen-bond donors (Lipinski definition) is 7. The number of likely N-dealkylation sites (N-methyl/N-ethyl adjacent to an activating group) is 1. The third-order valence-corrected chi connectivity index (χ3v) is 16.6. The summed E-state index contributed by atoms with van der Waals surface area (Å²) in [6, 6.07) is 5.76. The molecule has 8 heterocycles. The molecule has 6 aliphatic heterocycles. The van der Waals surface area contributed by atoms with E-state index >= 15 is 4.79 Å². The molecule has 7 N–H and O–H groups in total. The quantitative estimate of drug-likeness (QED) is 0.0436. The molecule has 2 fully saturated rings. The van der Waals surface area contributed by atoms with Gasteiger partial charge in [-0.15, -0.1) is 11.8 Å². The Kier molecular flexibility index (Phi) is 18.9. The molecule has 0 aliphatic carbocycles. The third-order valence-electron chi connectivity index (χ3n) is 15.4. The van der Waals surface area contributed by atoms with Crippen molar-refractivity contribution in [2.75, 3.05) is 78.5 Å². The number of aromatic amines is 2. The molecule has 2 aromatic rings. The number of carbonyl (C=O) groups excluding carboxylic acids is 5. The van der Waals surface area contributed by atoms with E-state index in [1.807, 2.05) is 52.8 Å². The summed E-state index contributed by atoms with van der Waals surface area (Å²) in [5, 5.41) is 43.0. The first-order valence-electron chi connectivity index (χ1n) is 27.2. The van der Waals surface area contributed by atoms with Gasteiger partial charge in [0.25, 0.3) is 11.8 Å². The Balaban J connectivity index is 1.16. The van der Waals surface area contributed by atoms with Crippen LogP contribution in [0.3, 0.4) is 0 Å². The van der Waals surface area contributed by atoms with E-state index in [0.29, 0.717) is 120 Å². The fourth-order valence-corrected chi connectivity index (χ4v) is 11.8. The average Bonchev–Trinajstić information content (AvgIpc) is 4.31. The van der Waals surface area contributed by atoms with Crippen molar-refractivity contribution in [1.82, 2.24) is 40.0 Å². The zero-order chi connectivity index (χ0) is 57.0. The monoisotopic (exact) mass is 1110 g/mol. The van der Waals surface area contributed by atoms with E-state index in [2.05, 4.69) is 20.2 Å². The smallest absolute Gasteiger partial charge is 0.407 e. The fourth-order valence-electron chi connectivity index (χ4n) is 10.7. The molecule has 6 aliphatic rings. The topological polar surface area (TPSA) is 282 Å². The van der Waals surface area contributed by atoms with E-state index in [4.69, 9.17) is 28.9 Å². The minimum absolute atomic E-state index is 0.0408. The highest BCUT2D eigenvalue weighted by atomic mass is 32.2. The molecule has 2 saturated heterocycles. The first-order chi connectivity index (χ1) is 37.6. The maximum atomic E-state index is 15.3. The van der Waals surface area contributed by atoms with Gasteiger partial charge < -0.3 is 59.6 Å². The van der Waals surface area contributed by atoms with Crippen LogP contribution in [0.5, 0.6) is 0 Å². The Morgan fingerprint density at radius 1 is 0.937 bits per heavy atom. The van der Waals surface area contributed by atoms with Gasteiger partial charge in [-0.3, -0.25) is 24.2 Å². The molecule has 8 rings (SSSR count). The molecule has 2 aromatic heterocycles. The number of aryl methyl sites for hydroxylation is 1. The lowest BCUT2D eigenvalue weighted by atomic mass is 9.84. The van der Waals surface area contributed by atoms with Gasteiger partial charge in [0.2, 0.25) is 5.91 Å². The lowest BCUT2D eigenvalue weighted by Crippen LogP contribution is -2.57. The van der Waals surface area contributed by atoms with Gasteiger partial charge in [-0.05, 0) is 113 Å². The number of thioether (sulfide) groups is 1. The molecule has 0 radical (unpaired) electrons. The average molecular weight is 1110 g/mol. The molecule has 0 unspecified atom stereocenters. The summed E-state index contributed by atoms with van der Waals surface area (Å²) in [6.07, 6.45) is -1.44. The number of alkyl carbamates (subject to hydrolysis) is 1. The normalized spacial score (nSPS) is 23.2. The van der Waals surface area contributed by atoms with E-state index in [9.17, 15) is 39.6 Å². The van der Waals surface area contributed by atoms with Gasteiger partial charge in [0, 0.05) is 93.1 Å². The Hall–Kier alpha value is -5.98. The van der Waals surface area contributed by atoms with Crippen molar-refractivity contribution < 1.29 is 63.3 Å². The molecule has 22 heteroatoms. The number of morpholine rings is 1. The number of esters is 1. The third kappa shape index (κ3) is 13.1. The predicted molar refractivity (Wildman–Crippen MR) is 298 cm³/mol. The van der Waals surface area contributed by atoms with E-state index in [1.165, 1.54) is 22.7 Å². The van der Waals surface area contributed by atoms with Crippen LogP contribution in [0.4, 0.5) is 4.79 Å². The largest absolute Gasteiger partial charge is 0.462 e. The number of rotatable bonds is 18. The number of hydrogen-bond acceptors (Lipinski definition) is 17. The van der Waals surface area contributed by atoms with Crippen molar-refractivity contribution >= 4 is 74.9 Å².